The molecule has 0 saturated heterocycles. The quantitative estimate of drug-likeness (QED) is 0.547. The van der Waals surface area contributed by atoms with Crippen molar-refractivity contribution in [3.8, 4) is 0 Å². The van der Waals surface area contributed by atoms with Crippen LogP contribution in [0.25, 0.3) is 0 Å². The number of aryl methyl sites for hydroxylation is 1. The molecule has 0 bridgehead atoms. The molecule has 0 radical (unpaired) electrons. The van der Waals surface area contributed by atoms with E-state index < -0.39 is 9.84 Å². The molecule has 0 aliphatic rings. The molecule has 0 aromatic heterocycles. The number of hydrogen-bond donors (Lipinski definition) is 0. The molecule has 1 rings (SSSR count). The van der Waals surface area contributed by atoms with Crippen LogP contribution in [0.3, 0.4) is 0 Å². The predicted molar refractivity (Wildman–Crippen MR) is 78.3 cm³/mol. The Labute approximate surface area is 121 Å². The first kappa shape index (κ1) is 16.7. The molecule has 0 fully saturated rings. The first-order valence-corrected chi connectivity index (χ1v) is 8.56. The fourth-order valence-corrected chi connectivity index (χ4v) is 3.64. The van der Waals surface area contributed by atoms with Crippen LogP contribution in [0.1, 0.15) is 38.2 Å². The number of esters is 1. The number of sulfone groups is 1. The van der Waals surface area contributed by atoms with Crippen LogP contribution in [0.2, 0.25) is 0 Å². The second-order valence-electron chi connectivity index (χ2n) is 4.70. The normalized spacial score (nSPS) is 11.3. The molecule has 5 heteroatoms. The van der Waals surface area contributed by atoms with Crippen molar-refractivity contribution in [2.75, 3.05) is 12.4 Å². The summed E-state index contributed by atoms with van der Waals surface area (Å²) in [5.41, 5.74) is 0.777. The second-order valence-corrected chi connectivity index (χ2v) is 6.78. The Morgan fingerprint density at radius 3 is 2.50 bits per heavy atom. The van der Waals surface area contributed by atoms with E-state index in [1.807, 2.05) is 6.07 Å². The fourth-order valence-electron chi connectivity index (χ4n) is 1.99. The van der Waals surface area contributed by atoms with Crippen LogP contribution in [0.5, 0.6) is 0 Å². The van der Waals surface area contributed by atoms with E-state index in [1.165, 1.54) is 0 Å². The zero-order valence-electron chi connectivity index (χ0n) is 12.1. The minimum absolute atomic E-state index is 0.126. The lowest BCUT2D eigenvalue weighted by atomic mass is 10.2. The molecule has 1 aromatic carbocycles. The van der Waals surface area contributed by atoms with E-state index in [-0.39, 0.29) is 11.7 Å². The molecule has 0 saturated carbocycles. The van der Waals surface area contributed by atoms with Crippen molar-refractivity contribution in [3.63, 3.8) is 0 Å². The highest BCUT2D eigenvalue weighted by molar-refractivity contribution is 7.91. The highest BCUT2D eigenvalue weighted by atomic mass is 32.2. The van der Waals surface area contributed by atoms with Gasteiger partial charge in [0.1, 0.15) is 0 Å². The van der Waals surface area contributed by atoms with Gasteiger partial charge in [-0.2, -0.15) is 0 Å². The first-order chi connectivity index (χ1) is 9.47. The van der Waals surface area contributed by atoms with E-state index in [1.54, 1.807) is 32.0 Å². The Morgan fingerprint density at radius 1 is 1.15 bits per heavy atom. The van der Waals surface area contributed by atoms with Gasteiger partial charge in [-0.15, -0.1) is 0 Å². The molecule has 20 heavy (non-hydrogen) atoms. The molecule has 0 heterocycles. The zero-order valence-corrected chi connectivity index (χ0v) is 12.9. The van der Waals surface area contributed by atoms with Crippen LogP contribution in [0, 0.1) is 6.92 Å². The first-order valence-electron chi connectivity index (χ1n) is 6.91. The Hall–Kier alpha value is -1.36. The minimum Gasteiger partial charge on any atom is -0.466 e. The van der Waals surface area contributed by atoms with Gasteiger partial charge in [0, 0.05) is 6.42 Å². The largest absolute Gasteiger partial charge is 0.466 e. The lowest BCUT2D eigenvalue weighted by Gasteiger charge is -2.07. The Morgan fingerprint density at radius 2 is 1.85 bits per heavy atom. The summed E-state index contributed by atoms with van der Waals surface area (Å²) in [6.45, 7) is 3.96. The molecule has 4 nitrogen and oxygen atoms in total. The van der Waals surface area contributed by atoms with Gasteiger partial charge in [-0.25, -0.2) is 8.42 Å². The Kier molecular flexibility index (Phi) is 6.71. The van der Waals surface area contributed by atoms with Gasteiger partial charge in [-0.05, 0) is 38.3 Å². The van der Waals surface area contributed by atoms with Gasteiger partial charge in [0.25, 0.3) is 0 Å². The molecule has 0 unspecified atom stereocenters. The average Bonchev–Trinajstić information content (AvgIpc) is 2.39. The maximum absolute atomic E-state index is 12.2. The molecular formula is C15H22O4S. The molecule has 0 amide bonds. The van der Waals surface area contributed by atoms with Crippen molar-refractivity contribution in [2.45, 2.75) is 44.4 Å². The number of rotatable bonds is 8. The lowest BCUT2D eigenvalue weighted by molar-refractivity contribution is -0.143. The SMILES string of the molecule is CCOC(=O)CCCCCS(=O)(=O)c1ccccc1C. The van der Waals surface area contributed by atoms with Crippen LogP contribution < -0.4 is 0 Å². The van der Waals surface area contributed by atoms with Crippen LogP contribution in [-0.2, 0) is 19.4 Å². The number of hydrogen-bond acceptors (Lipinski definition) is 4. The standard InChI is InChI=1S/C15H22O4S/c1-3-19-15(16)11-5-4-8-12-20(17,18)14-10-7-6-9-13(14)2/h6-7,9-10H,3-5,8,11-12H2,1-2H3. The lowest BCUT2D eigenvalue weighted by Crippen LogP contribution is -2.09. The maximum Gasteiger partial charge on any atom is 0.305 e. The van der Waals surface area contributed by atoms with E-state index in [0.717, 1.165) is 5.56 Å². The Balaban J connectivity index is 2.38. The van der Waals surface area contributed by atoms with E-state index in [9.17, 15) is 13.2 Å². The second kappa shape index (κ2) is 8.04. The summed E-state index contributed by atoms with van der Waals surface area (Å²) < 4.78 is 29.1. The summed E-state index contributed by atoms with van der Waals surface area (Å²) in [4.78, 5) is 11.5. The predicted octanol–water partition coefficient (Wildman–Crippen LogP) is 2.89. The highest BCUT2D eigenvalue weighted by Gasteiger charge is 2.15. The van der Waals surface area contributed by atoms with Crippen LogP contribution in [0.4, 0.5) is 0 Å². The van der Waals surface area contributed by atoms with E-state index in [4.69, 9.17) is 4.74 Å². The van der Waals surface area contributed by atoms with Gasteiger partial charge in [-0.3, -0.25) is 4.79 Å². The number of unbranched alkanes of at least 4 members (excludes halogenated alkanes) is 2. The van der Waals surface area contributed by atoms with Crippen LogP contribution in [-0.4, -0.2) is 26.7 Å². The number of ether oxygens (including phenoxy) is 1. The molecule has 0 atom stereocenters. The molecule has 0 N–H and O–H groups in total. The number of benzene rings is 1. The van der Waals surface area contributed by atoms with E-state index in [2.05, 4.69) is 0 Å². The van der Waals surface area contributed by atoms with Crippen molar-refractivity contribution in [2.24, 2.45) is 0 Å². The summed E-state index contributed by atoms with van der Waals surface area (Å²) in [5.74, 6) is -0.0880. The van der Waals surface area contributed by atoms with E-state index in [0.29, 0.717) is 37.2 Å². The monoisotopic (exact) mass is 298 g/mol. The van der Waals surface area contributed by atoms with Crippen molar-refractivity contribution in [3.05, 3.63) is 29.8 Å². The van der Waals surface area contributed by atoms with Gasteiger partial charge in [0.2, 0.25) is 0 Å². The van der Waals surface area contributed by atoms with Crippen LogP contribution >= 0.6 is 0 Å². The number of carbonyl (C=O) groups is 1. The fraction of sp³-hybridized carbons (Fsp3) is 0.533. The molecular weight excluding hydrogens is 276 g/mol. The van der Waals surface area contributed by atoms with Crippen molar-refractivity contribution >= 4 is 15.8 Å². The Bertz CT molecular complexity index is 535. The molecule has 112 valence electrons. The summed E-state index contributed by atoms with van der Waals surface area (Å²) in [5, 5.41) is 0. The van der Waals surface area contributed by atoms with Gasteiger partial charge >= 0.3 is 5.97 Å². The summed E-state index contributed by atoms with van der Waals surface area (Å²) in [6, 6.07) is 7.01. The zero-order chi connectivity index (χ0) is 15.0. The molecule has 0 aliphatic heterocycles. The molecule has 1 aromatic rings. The third-order valence-electron chi connectivity index (χ3n) is 3.03. The third-order valence-corrected chi connectivity index (χ3v) is 4.98. The molecule has 0 aliphatic carbocycles. The maximum atomic E-state index is 12.2. The van der Waals surface area contributed by atoms with Gasteiger partial charge < -0.3 is 4.74 Å². The van der Waals surface area contributed by atoms with Crippen LogP contribution in [0.15, 0.2) is 29.2 Å². The number of carbonyl (C=O) groups excluding carboxylic acids is 1. The van der Waals surface area contributed by atoms with Gasteiger partial charge in [-0.1, -0.05) is 24.6 Å². The average molecular weight is 298 g/mol. The minimum atomic E-state index is -3.22. The van der Waals surface area contributed by atoms with E-state index >= 15 is 0 Å². The summed E-state index contributed by atoms with van der Waals surface area (Å²) in [6.07, 6.45) is 2.31. The summed E-state index contributed by atoms with van der Waals surface area (Å²) in [7, 11) is -3.22. The van der Waals surface area contributed by atoms with Crippen molar-refractivity contribution < 1.29 is 17.9 Å². The smallest absolute Gasteiger partial charge is 0.305 e. The van der Waals surface area contributed by atoms with Crippen molar-refractivity contribution in [1.82, 2.24) is 0 Å². The molecule has 0 spiro atoms. The van der Waals surface area contributed by atoms with Gasteiger partial charge in [0.05, 0.1) is 17.3 Å². The highest BCUT2D eigenvalue weighted by Crippen LogP contribution is 2.17. The summed E-state index contributed by atoms with van der Waals surface area (Å²) >= 11 is 0. The van der Waals surface area contributed by atoms with Crippen molar-refractivity contribution in [1.29, 1.82) is 0 Å². The third kappa shape index (κ3) is 5.33. The topological polar surface area (TPSA) is 60.4 Å². The van der Waals surface area contributed by atoms with Gasteiger partial charge in [0.15, 0.2) is 9.84 Å².